The van der Waals surface area contributed by atoms with E-state index in [1.165, 1.54) is 35.0 Å². The molecule has 0 bridgehead atoms. The number of aliphatic hydroxyl groups excluding tert-OH is 1. The van der Waals surface area contributed by atoms with Gasteiger partial charge in [-0.15, -0.1) is 5.10 Å². The van der Waals surface area contributed by atoms with E-state index in [4.69, 9.17) is 10.5 Å². The Labute approximate surface area is 214 Å². The monoisotopic (exact) mass is 529 g/mol. The maximum Gasteiger partial charge on any atom is 0.416 e. The smallest absolute Gasteiger partial charge is 0.416 e. The van der Waals surface area contributed by atoms with E-state index in [1.54, 1.807) is 12.1 Å². The van der Waals surface area contributed by atoms with Crippen LogP contribution < -0.4 is 15.8 Å². The van der Waals surface area contributed by atoms with Crippen molar-refractivity contribution in [1.29, 1.82) is 0 Å². The van der Waals surface area contributed by atoms with Gasteiger partial charge >= 0.3 is 6.18 Å². The van der Waals surface area contributed by atoms with Gasteiger partial charge in [0.1, 0.15) is 11.6 Å². The van der Waals surface area contributed by atoms with E-state index in [9.17, 15) is 27.5 Å². The molecular formula is C26H23F4N5O3. The highest BCUT2D eigenvalue weighted by molar-refractivity contribution is 5.95. The number of imidazole rings is 1. The van der Waals surface area contributed by atoms with Crippen LogP contribution in [0.5, 0.6) is 11.6 Å². The summed E-state index contributed by atoms with van der Waals surface area (Å²) >= 11 is 0. The van der Waals surface area contributed by atoms with E-state index >= 15 is 0 Å². The number of amides is 1. The molecule has 8 nitrogen and oxygen atoms in total. The van der Waals surface area contributed by atoms with Crippen molar-refractivity contribution in [2.45, 2.75) is 38.0 Å². The second-order valence-electron chi connectivity index (χ2n) is 9.11. The molecule has 198 valence electrons. The van der Waals surface area contributed by atoms with Gasteiger partial charge in [0, 0.05) is 29.8 Å². The average Bonchev–Trinajstić information content (AvgIpc) is 3.59. The van der Waals surface area contributed by atoms with Crippen LogP contribution in [0.2, 0.25) is 0 Å². The SMILES string of the molecule is Cc1c(C(N)=O)ccc(-c2cnc3c(NCC(O)C(F)(F)F)cc(Oc4cccc(F)c4)nn23)c1C1CC1. The first kappa shape index (κ1) is 25.5. The van der Waals surface area contributed by atoms with Crippen LogP contribution in [0.4, 0.5) is 23.2 Å². The Kier molecular flexibility index (Phi) is 6.43. The second kappa shape index (κ2) is 9.60. The summed E-state index contributed by atoms with van der Waals surface area (Å²) in [7, 11) is 0. The maximum absolute atomic E-state index is 13.7. The highest BCUT2D eigenvalue weighted by Gasteiger charge is 2.38. The van der Waals surface area contributed by atoms with Crippen LogP contribution in [0.15, 0.2) is 48.7 Å². The number of carbonyl (C=O) groups is 1. The largest absolute Gasteiger partial charge is 0.437 e. The van der Waals surface area contributed by atoms with Crippen LogP contribution >= 0.6 is 0 Å². The zero-order valence-electron chi connectivity index (χ0n) is 20.1. The molecule has 2 aromatic heterocycles. The Balaban J connectivity index is 1.64. The van der Waals surface area contributed by atoms with Crippen LogP contribution in [0.25, 0.3) is 16.9 Å². The summed E-state index contributed by atoms with van der Waals surface area (Å²) in [6.07, 6.45) is -4.07. The molecule has 4 N–H and O–H groups in total. The number of benzene rings is 2. The molecule has 0 aliphatic heterocycles. The van der Waals surface area contributed by atoms with Gasteiger partial charge in [0.05, 0.1) is 17.6 Å². The number of alkyl halides is 3. The van der Waals surface area contributed by atoms with Gasteiger partial charge in [-0.2, -0.15) is 13.2 Å². The zero-order valence-corrected chi connectivity index (χ0v) is 20.1. The number of nitrogens with one attached hydrogen (secondary N) is 1. The molecule has 1 fully saturated rings. The highest BCUT2D eigenvalue weighted by Crippen LogP contribution is 2.47. The summed E-state index contributed by atoms with van der Waals surface area (Å²) in [5, 5.41) is 16.5. The fourth-order valence-corrected chi connectivity index (χ4v) is 4.40. The van der Waals surface area contributed by atoms with Gasteiger partial charge < -0.3 is 20.9 Å². The van der Waals surface area contributed by atoms with Crippen molar-refractivity contribution in [3.05, 3.63) is 71.2 Å². The molecule has 1 unspecified atom stereocenters. The Hall–Kier alpha value is -4.19. The predicted molar refractivity (Wildman–Crippen MR) is 131 cm³/mol. The molecule has 1 saturated carbocycles. The van der Waals surface area contributed by atoms with E-state index in [-0.39, 0.29) is 28.9 Å². The lowest BCUT2D eigenvalue weighted by Gasteiger charge is -2.17. The topological polar surface area (TPSA) is 115 Å². The van der Waals surface area contributed by atoms with E-state index in [2.05, 4.69) is 15.4 Å². The summed E-state index contributed by atoms with van der Waals surface area (Å²) in [5.41, 5.74) is 9.15. The lowest BCUT2D eigenvalue weighted by Crippen LogP contribution is -2.35. The molecule has 38 heavy (non-hydrogen) atoms. The molecule has 1 atom stereocenters. The number of nitrogens with zero attached hydrogens (tertiary/aromatic N) is 3. The third kappa shape index (κ3) is 4.99. The Morgan fingerprint density at radius 3 is 2.68 bits per heavy atom. The van der Waals surface area contributed by atoms with Crippen molar-refractivity contribution in [3.8, 4) is 22.9 Å². The molecule has 2 aromatic carbocycles. The standard InChI is InChI=1S/C26H23F4N5O3/c1-13-17(24(31)37)7-8-18(23(13)14-5-6-14)20-11-33-25-19(32-12-21(36)26(28,29)30)10-22(34-35(20)25)38-16-4-2-3-15(27)9-16/h2-4,7-11,14,21,32,36H,5-6,12H2,1H3,(H2,31,37). The second-order valence-corrected chi connectivity index (χ2v) is 9.11. The number of aromatic nitrogens is 3. The van der Waals surface area contributed by atoms with Gasteiger partial charge in [-0.05, 0) is 55.0 Å². The lowest BCUT2D eigenvalue weighted by atomic mass is 9.92. The van der Waals surface area contributed by atoms with Gasteiger partial charge in [-0.3, -0.25) is 4.79 Å². The number of aliphatic hydroxyl groups is 1. The quantitative estimate of drug-likeness (QED) is 0.279. The Morgan fingerprint density at radius 2 is 2.03 bits per heavy atom. The van der Waals surface area contributed by atoms with Crippen molar-refractivity contribution in [1.82, 2.24) is 14.6 Å². The molecule has 1 amide bonds. The van der Waals surface area contributed by atoms with Gasteiger partial charge in [0.25, 0.3) is 0 Å². The first-order valence-corrected chi connectivity index (χ1v) is 11.8. The molecular weight excluding hydrogens is 506 g/mol. The van der Waals surface area contributed by atoms with E-state index < -0.39 is 30.5 Å². The normalized spacial score (nSPS) is 14.5. The fourth-order valence-electron chi connectivity index (χ4n) is 4.40. The Bertz CT molecular complexity index is 1530. The molecule has 12 heteroatoms. The van der Waals surface area contributed by atoms with Gasteiger partial charge in [0.15, 0.2) is 11.8 Å². The first-order valence-electron chi connectivity index (χ1n) is 11.8. The molecule has 1 aliphatic carbocycles. The molecule has 4 aromatic rings. The predicted octanol–water partition coefficient (Wildman–Crippen LogP) is 4.95. The summed E-state index contributed by atoms with van der Waals surface area (Å²) < 4.78 is 59.6. The van der Waals surface area contributed by atoms with E-state index in [0.29, 0.717) is 11.3 Å². The minimum atomic E-state index is -4.82. The summed E-state index contributed by atoms with van der Waals surface area (Å²) in [4.78, 5) is 16.3. The van der Waals surface area contributed by atoms with Crippen LogP contribution in [0.3, 0.4) is 0 Å². The van der Waals surface area contributed by atoms with Crippen molar-refractivity contribution >= 4 is 17.2 Å². The molecule has 0 saturated heterocycles. The van der Waals surface area contributed by atoms with Crippen LogP contribution in [0.1, 0.15) is 40.2 Å². The molecule has 5 rings (SSSR count). The van der Waals surface area contributed by atoms with Crippen molar-refractivity contribution in [2.24, 2.45) is 5.73 Å². The number of halogens is 4. The maximum atomic E-state index is 13.7. The molecule has 0 spiro atoms. The Morgan fingerprint density at radius 1 is 1.26 bits per heavy atom. The summed E-state index contributed by atoms with van der Waals surface area (Å²) in [5.74, 6) is -0.809. The van der Waals surface area contributed by atoms with Crippen molar-refractivity contribution < 1.29 is 32.2 Å². The number of nitrogens with two attached hydrogens (primary N) is 1. The average molecular weight is 529 g/mol. The van der Waals surface area contributed by atoms with E-state index in [1.807, 2.05) is 6.92 Å². The number of rotatable bonds is 8. The minimum Gasteiger partial charge on any atom is -0.437 e. The third-order valence-corrected chi connectivity index (χ3v) is 6.37. The highest BCUT2D eigenvalue weighted by atomic mass is 19.4. The molecule has 0 radical (unpaired) electrons. The number of primary amides is 1. The molecule has 1 aliphatic rings. The summed E-state index contributed by atoms with van der Waals surface area (Å²) in [6.45, 7) is 0.975. The van der Waals surface area contributed by atoms with Crippen molar-refractivity contribution in [3.63, 3.8) is 0 Å². The number of hydrogen-bond acceptors (Lipinski definition) is 6. The van der Waals surface area contributed by atoms with Crippen LogP contribution in [-0.4, -0.2) is 44.4 Å². The number of hydrogen-bond donors (Lipinski definition) is 3. The van der Waals surface area contributed by atoms with Crippen LogP contribution in [-0.2, 0) is 0 Å². The third-order valence-electron chi connectivity index (χ3n) is 6.37. The number of carbonyl (C=O) groups excluding carboxylic acids is 1. The van der Waals surface area contributed by atoms with Gasteiger partial charge in [-0.1, -0.05) is 12.1 Å². The van der Waals surface area contributed by atoms with E-state index in [0.717, 1.165) is 35.6 Å². The lowest BCUT2D eigenvalue weighted by molar-refractivity contribution is -0.198. The first-order chi connectivity index (χ1) is 18.0. The summed E-state index contributed by atoms with van der Waals surface area (Å²) in [6, 6.07) is 10.00. The number of ether oxygens (including phenoxy) is 1. The van der Waals surface area contributed by atoms with Gasteiger partial charge in [-0.25, -0.2) is 13.9 Å². The zero-order chi connectivity index (χ0) is 27.2. The minimum absolute atomic E-state index is 0.0511. The van der Waals surface area contributed by atoms with Crippen LogP contribution in [0, 0.1) is 12.7 Å². The fraction of sp³-hybridized carbons (Fsp3) is 0.269. The molecule has 2 heterocycles. The van der Waals surface area contributed by atoms with Crippen molar-refractivity contribution in [2.75, 3.05) is 11.9 Å². The number of anilines is 1. The van der Waals surface area contributed by atoms with Gasteiger partial charge in [0.2, 0.25) is 11.8 Å². The number of fused-ring (bicyclic) bond motifs is 1.